The van der Waals surface area contributed by atoms with Gasteiger partial charge in [-0.05, 0) is 49.4 Å². The second kappa shape index (κ2) is 11.6. The SMILES string of the molecule is COc1cccc(OCCCCN2CCCc3ccccc32)c1.O=C(O)C(=O)O. The first-order valence-electron chi connectivity index (χ1n) is 9.57. The van der Waals surface area contributed by atoms with Crippen molar-refractivity contribution in [3.05, 3.63) is 54.1 Å². The van der Waals surface area contributed by atoms with Gasteiger partial charge in [-0.25, -0.2) is 9.59 Å². The fraction of sp³-hybridized carbons (Fsp3) is 0.364. The van der Waals surface area contributed by atoms with Crippen molar-refractivity contribution in [2.75, 3.05) is 31.7 Å². The first-order chi connectivity index (χ1) is 14.0. The van der Waals surface area contributed by atoms with Gasteiger partial charge in [-0.15, -0.1) is 0 Å². The quantitative estimate of drug-likeness (QED) is 0.542. The van der Waals surface area contributed by atoms with Crippen molar-refractivity contribution in [2.24, 2.45) is 0 Å². The van der Waals surface area contributed by atoms with Gasteiger partial charge in [0.2, 0.25) is 0 Å². The van der Waals surface area contributed by atoms with Crippen molar-refractivity contribution in [1.82, 2.24) is 0 Å². The van der Waals surface area contributed by atoms with Crippen LogP contribution in [0.5, 0.6) is 11.5 Å². The van der Waals surface area contributed by atoms with Crippen molar-refractivity contribution in [3.8, 4) is 11.5 Å². The number of nitrogens with zero attached hydrogens (tertiary/aromatic N) is 1. The first-order valence-corrected chi connectivity index (χ1v) is 9.57. The summed E-state index contributed by atoms with van der Waals surface area (Å²) in [5, 5.41) is 14.8. The number of carboxylic acids is 2. The highest BCUT2D eigenvalue weighted by molar-refractivity contribution is 6.27. The van der Waals surface area contributed by atoms with Crippen LogP contribution < -0.4 is 14.4 Å². The molecule has 0 unspecified atom stereocenters. The Morgan fingerprint density at radius 3 is 2.45 bits per heavy atom. The summed E-state index contributed by atoms with van der Waals surface area (Å²) >= 11 is 0. The molecule has 1 aliphatic heterocycles. The number of carboxylic acid groups (broad SMARTS) is 2. The molecule has 29 heavy (non-hydrogen) atoms. The van der Waals surface area contributed by atoms with Gasteiger partial charge in [0.1, 0.15) is 11.5 Å². The van der Waals surface area contributed by atoms with E-state index in [1.807, 2.05) is 24.3 Å². The third-order valence-electron chi connectivity index (χ3n) is 4.52. The molecule has 0 fully saturated rings. The Balaban J connectivity index is 0.000000438. The number of hydrogen-bond donors (Lipinski definition) is 2. The molecule has 1 aliphatic rings. The maximum atomic E-state index is 9.10. The molecular weight excluding hydrogens is 374 g/mol. The van der Waals surface area contributed by atoms with Gasteiger partial charge in [-0.1, -0.05) is 24.3 Å². The smallest absolute Gasteiger partial charge is 0.414 e. The molecule has 3 rings (SSSR count). The fourth-order valence-corrected chi connectivity index (χ4v) is 3.13. The Hall–Kier alpha value is -3.22. The summed E-state index contributed by atoms with van der Waals surface area (Å²) in [4.78, 5) is 20.7. The number of carbonyl (C=O) groups is 2. The third-order valence-corrected chi connectivity index (χ3v) is 4.52. The average Bonchev–Trinajstić information content (AvgIpc) is 2.74. The maximum Gasteiger partial charge on any atom is 0.414 e. The summed E-state index contributed by atoms with van der Waals surface area (Å²) in [5.74, 6) is -1.93. The highest BCUT2D eigenvalue weighted by atomic mass is 16.5. The van der Waals surface area contributed by atoms with E-state index in [0.29, 0.717) is 0 Å². The van der Waals surface area contributed by atoms with E-state index in [9.17, 15) is 0 Å². The molecule has 2 N–H and O–H groups in total. The number of para-hydroxylation sites is 1. The Kier molecular flexibility index (Phi) is 8.82. The molecule has 156 valence electrons. The number of rotatable bonds is 7. The van der Waals surface area contributed by atoms with E-state index in [1.165, 1.54) is 30.6 Å². The number of benzene rings is 2. The molecule has 0 bridgehead atoms. The van der Waals surface area contributed by atoms with Crippen molar-refractivity contribution in [2.45, 2.75) is 25.7 Å². The number of methoxy groups -OCH3 is 1. The molecule has 0 saturated carbocycles. The first kappa shape index (κ1) is 22.1. The number of aryl methyl sites for hydroxylation is 1. The second-order valence-corrected chi connectivity index (χ2v) is 6.56. The molecule has 1 heterocycles. The van der Waals surface area contributed by atoms with Crippen molar-refractivity contribution >= 4 is 17.6 Å². The van der Waals surface area contributed by atoms with E-state index >= 15 is 0 Å². The number of ether oxygens (including phenoxy) is 2. The predicted molar refractivity (Wildman–Crippen MR) is 110 cm³/mol. The number of fused-ring (bicyclic) bond motifs is 1. The van der Waals surface area contributed by atoms with E-state index in [-0.39, 0.29) is 0 Å². The summed E-state index contributed by atoms with van der Waals surface area (Å²) in [7, 11) is 1.68. The van der Waals surface area contributed by atoms with Crippen LogP contribution in [-0.2, 0) is 16.0 Å². The van der Waals surface area contributed by atoms with Crippen LogP contribution in [-0.4, -0.2) is 49.0 Å². The number of unbranched alkanes of at least 4 members (excludes halogenated alkanes) is 1. The minimum atomic E-state index is -1.82. The molecule has 0 spiro atoms. The minimum absolute atomic E-state index is 0.753. The van der Waals surface area contributed by atoms with E-state index in [0.717, 1.165) is 37.5 Å². The summed E-state index contributed by atoms with van der Waals surface area (Å²) in [6, 6.07) is 16.6. The second-order valence-electron chi connectivity index (χ2n) is 6.56. The summed E-state index contributed by atoms with van der Waals surface area (Å²) in [6.07, 6.45) is 4.69. The molecule has 0 aliphatic carbocycles. The fourth-order valence-electron chi connectivity index (χ4n) is 3.13. The van der Waals surface area contributed by atoms with Crippen molar-refractivity contribution in [1.29, 1.82) is 0 Å². The Morgan fingerprint density at radius 1 is 1.00 bits per heavy atom. The summed E-state index contributed by atoms with van der Waals surface area (Å²) in [6.45, 7) is 3.04. The molecule has 7 nitrogen and oxygen atoms in total. The molecular formula is C22H27NO6. The van der Waals surface area contributed by atoms with Crippen LogP contribution in [0.4, 0.5) is 5.69 Å². The molecule has 0 aromatic heterocycles. The van der Waals surface area contributed by atoms with Crippen LogP contribution in [0.2, 0.25) is 0 Å². The van der Waals surface area contributed by atoms with E-state index in [2.05, 4.69) is 29.2 Å². The normalized spacial score (nSPS) is 12.2. The van der Waals surface area contributed by atoms with Gasteiger partial charge in [-0.3, -0.25) is 0 Å². The zero-order valence-electron chi connectivity index (χ0n) is 16.5. The standard InChI is InChI=1S/C20H25NO2.C2H2O4/c1-22-18-10-6-11-19(16-18)23-15-5-4-13-21-14-7-9-17-8-2-3-12-20(17)21;3-1(4)2(5)6/h2-3,6,8,10-12,16H,4-5,7,9,13-15H2,1H3;(H,3,4)(H,5,6). The van der Waals surface area contributed by atoms with Crippen molar-refractivity contribution < 1.29 is 29.3 Å². The zero-order chi connectivity index (χ0) is 21.1. The van der Waals surface area contributed by atoms with Gasteiger partial charge in [0.25, 0.3) is 0 Å². The lowest BCUT2D eigenvalue weighted by atomic mass is 10.0. The van der Waals surface area contributed by atoms with Crippen LogP contribution in [0.15, 0.2) is 48.5 Å². The van der Waals surface area contributed by atoms with Crippen LogP contribution >= 0.6 is 0 Å². The highest BCUT2D eigenvalue weighted by Gasteiger charge is 2.15. The number of hydrogen-bond acceptors (Lipinski definition) is 5. The van der Waals surface area contributed by atoms with Crippen LogP contribution in [0.3, 0.4) is 0 Å². The zero-order valence-corrected chi connectivity index (χ0v) is 16.5. The number of aliphatic carboxylic acids is 2. The molecule has 2 aromatic rings. The van der Waals surface area contributed by atoms with Gasteiger partial charge in [0.05, 0.1) is 13.7 Å². The minimum Gasteiger partial charge on any atom is -0.497 e. The van der Waals surface area contributed by atoms with Gasteiger partial charge in [-0.2, -0.15) is 0 Å². The lowest BCUT2D eigenvalue weighted by molar-refractivity contribution is -0.159. The average molecular weight is 401 g/mol. The van der Waals surface area contributed by atoms with Gasteiger partial charge >= 0.3 is 11.9 Å². The molecule has 0 amide bonds. The Labute approximate surface area is 170 Å². The van der Waals surface area contributed by atoms with Crippen LogP contribution in [0, 0.1) is 0 Å². The van der Waals surface area contributed by atoms with Crippen LogP contribution in [0.1, 0.15) is 24.8 Å². The lowest BCUT2D eigenvalue weighted by Gasteiger charge is -2.31. The lowest BCUT2D eigenvalue weighted by Crippen LogP contribution is -2.30. The van der Waals surface area contributed by atoms with E-state index in [4.69, 9.17) is 29.3 Å². The van der Waals surface area contributed by atoms with Gasteiger partial charge < -0.3 is 24.6 Å². The van der Waals surface area contributed by atoms with E-state index in [1.54, 1.807) is 7.11 Å². The Morgan fingerprint density at radius 2 is 1.72 bits per heavy atom. The van der Waals surface area contributed by atoms with Crippen molar-refractivity contribution in [3.63, 3.8) is 0 Å². The molecule has 0 atom stereocenters. The van der Waals surface area contributed by atoms with Crippen LogP contribution in [0.25, 0.3) is 0 Å². The topological polar surface area (TPSA) is 96.3 Å². The van der Waals surface area contributed by atoms with Gasteiger partial charge in [0, 0.05) is 24.8 Å². The summed E-state index contributed by atoms with van der Waals surface area (Å²) in [5.41, 5.74) is 2.92. The largest absolute Gasteiger partial charge is 0.497 e. The predicted octanol–water partition coefficient (Wildman–Crippen LogP) is 3.46. The maximum absolute atomic E-state index is 9.10. The summed E-state index contributed by atoms with van der Waals surface area (Å²) < 4.78 is 11.0. The number of anilines is 1. The molecule has 0 radical (unpaired) electrons. The molecule has 0 saturated heterocycles. The molecule has 7 heteroatoms. The highest BCUT2D eigenvalue weighted by Crippen LogP contribution is 2.26. The van der Waals surface area contributed by atoms with E-state index < -0.39 is 11.9 Å². The monoisotopic (exact) mass is 401 g/mol. The Bertz CT molecular complexity index is 795. The van der Waals surface area contributed by atoms with Gasteiger partial charge in [0.15, 0.2) is 0 Å². The molecule has 2 aromatic carbocycles. The third kappa shape index (κ3) is 7.37.